The molecular weight excluding hydrogens is 543 g/mol. The molecule has 0 aliphatic rings. The van der Waals surface area contributed by atoms with Crippen LogP contribution in [-0.4, -0.2) is 29.5 Å². The standard InChI is InChI=1S/C26H28BrFN6O3/c1-6-33-14-18(24(31-33)15(2)3)9-17-13-32(5)30-25(17)21-8-7-20(28)11-22(21)16(4)37-23-10-19(27)12-29-26(23)34(35)36/h7-8,10-16H,6,9H2,1-5H3/t16-/m1/s1. The van der Waals surface area contributed by atoms with Crippen molar-refractivity contribution in [1.29, 1.82) is 0 Å². The predicted octanol–water partition coefficient (Wildman–Crippen LogP) is 6.36. The molecule has 0 saturated carbocycles. The van der Waals surface area contributed by atoms with Crippen LogP contribution in [0.2, 0.25) is 0 Å². The number of nitrogens with zero attached hydrogens (tertiary/aromatic N) is 6. The van der Waals surface area contributed by atoms with Crippen molar-refractivity contribution in [1.82, 2.24) is 24.5 Å². The third kappa shape index (κ3) is 5.71. The minimum Gasteiger partial charge on any atom is -0.478 e. The van der Waals surface area contributed by atoms with E-state index in [9.17, 15) is 14.5 Å². The van der Waals surface area contributed by atoms with Gasteiger partial charge >= 0.3 is 5.82 Å². The summed E-state index contributed by atoms with van der Waals surface area (Å²) in [6.45, 7) is 8.76. The second kappa shape index (κ2) is 10.8. The van der Waals surface area contributed by atoms with Gasteiger partial charge in [-0.3, -0.25) is 9.36 Å². The van der Waals surface area contributed by atoms with Gasteiger partial charge in [0.1, 0.15) is 11.9 Å². The van der Waals surface area contributed by atoms with Gasteiger partial charge < -0.3 is 14.9 Å². The SMILES string of the molecule is CCn1cc(Cc2cn(C)nc2-c2ccc(F)cc2[C@@H](C)Oc2cc(Br)cnc2[N+](=O)[O-])c(C(C)C)n1. The molecule has 37 heavy (non-hydrogen) atoms. The van der Waals surface area contributed by atoms with E-state index in [1.165, 1.54) is 24.4 Å². The maximum absolute atomic E-state index is 14.4. The molecule has 4 rings (SSSR count). The summed E-state index contributed by atoms with van der Waals surface area (Å²) in [5.74, 6) is -0.621. The molecule has 11 heteroatoms. The Morgan fingerprint density at radius 3 is 2.59 bits per heavy atom. The van der Waals surface area contributed by atoms with Crippen LogP contribution >= 0.6 is 15.9 Å². The predicted molar refractivity (Wildman–Crippen MR) is 141 cm³/mol. The van der Waals surface area contributed by atoms with Crippen molar-refractivity contribution in [3.05, 3.63) is 85.6 Å². The Balaban J connectivity index is 1.76. The van der Waals surface area contributed by atoms with Crippen LogP contribution in [0.25, 0.3) is 11.3 Å². The van der Waals surface area contributed by atoms with Crippen molar-refractivity contribution in [3.63, 3.8) is 0 Å². The van der Waals surface area contributed by atoms with Gasteiger partial charge in [-0.2, -0.15) is 10.2 Å². The number of rotatable bonds is 9. The molecule has 0 radical (unpaired) electrons. The summed E-state index contributed by atoms with van der Waals surface area (Å²) in [6, 6.07) is 5.90. The average molecular weight is 571 g/mol. The number of pyridine rings is 1. The lowest BCUT2D eigenvalue weighted by Gasteiger charge is -2.18. The molecule has 0 aliphatic carbocycles. The smallest absolute Gasteiger partial charge is 0.406 e. The molecule has 0 aliphatic heterocycles. The van der Waals surface area contributed by atoms with E-state index in [1.807, 2.05) is 24.9 Å². The summed E-state index contributed by atoms with van der Waals surface area (Å²) in [5.41, 5.74) is 4.98. The summed E-state index contributed by atoms with van der Waals surface area (Å²) in [7, 11) is 1.84. The molecule has 0 bridgehead atoms. The van der Waals surface area contributed by atoms with Crippen molar-refractivity contribution < 1.29 is 14.1 Å². The molecule has 0 spiro atoms. The van der Waals surface area contributed by atoms with Crippen molar-refractivity contribution in [2.75, 3.05) is 0 Å². The van der Waals surface area contributed by atoms with Gasteiger partial charge in [-0.05, 0) is 69.4 Å². The first-order valence-electron chi connectivity index (χ1n) is 11.9. The van der Waals surface area contributed by atoms with Gasteiger partial charge in [0.25, 0.3) is 0 Å². The number of ether oxygens (including phenoxy) is 1. The van der Waals surface area contributed by atoms with Crippen molar-refractivity contribution >= 4 is 21.7 Å². The van der Waals surface area contributed by atoms with Crippen LogP contribution in [0.3, 0.4) is 0 Å². The third-order valence-corrected chi connectivity index (χ3v) is 6.44. The van der Waals surface area contributed by atoms with E-state index < -0.39 is 22.7 Å². The Morgan fingerprint density at radius 2 is 1.92 bits per heavy atom. The number of nitro groups is 1. The Kier molecular flexibility index (Phi) is 7.72. The van der Waals surface area contributed by atoms with E-state index in [1.54, 1.807) is 17.7 Å². The zero-order valence-corrected chi connectivity index (χ0v) is 22.9. The summed E-state index contributed by atoms with van der Waals surface area (Å²) in [5, 5.41) is 20.9. The lowest BCUT2D eigenvalue weighted by Crippen LogP contribution is -2.08. The first-order valence-corrected chi connectivity index (χ1v) is 12.7. The lowest BCUT2D eigenvalue weighted by atomic mass is 9.94. The van der Waals surface area contributed by atoms with E-state index >= 15 is 0 Å². The highest BCUT2D eigenvalue weighted by Crippen LogP contribution is 2.36. The summed E-state index contributed by atoms with van der Waals surface area (Å²) in [6.07, 6.45) is 5.21. The Hall–Kier alpha value is -3.60. The van der Waals surface area contributed by atoms with Crippen LogP contribution in [0, 0.1) is 15.9 Å². The third-order valence-electron chi connectivity index (χ3n) is 6.01. The quantitative estimate of drug-likeness (QED) is 0.171. The summed E-state index contributed by atoms with van der Waals surface area (Å²) >= 11 is 3.28. The zero-order chi connectivity index (χ0) is 26.9. The number of aryl methyl sites for hydroxylation is 2. The summed E-state index contributed by atoms with van der Waals surface area (Å²) < 4.78 is 24.6. The molecule has 194 valence electrons. The molecule has 0 amide bonds. The van der Waals surface area contributed by atoms with Gasteiger partial charge in [-0.15, -0.1) is 0 Å². The second-order valence-corrected chi connectivity index (χ2v) is 10.0. The molecule has 9 nitrogen and oxygen atoms in total. The Morgan fingerprint density at radius 1 is 1.16 bits per heavy atom. The van der Waals surface area contributed by atoms with Crippen molar-refractivity contribution in [2.45, 2.75) is 52.7 Å². The van der Waals surface area contributed by atoms with Crippen LogP contribution in [0.4, 0.5) is 10.2 Å². The molecule has 0 saturated heterocycles. The normalized spacial score (nSPS) is 12.2. The number of hydrogen-bond donors (Lipinski definition) is 0. The van der Waals surface area contributed by atoms with Crippen molar-refractivity contribution in [2.24, 2.45) is 7.05 Å². The largest absolute Gasteiger partial charge is 0.478 e. The van der Waals surface area contributed by atoms with Gasteiger partial charge in [0.2, 0.25) is 5.75 Å². The monoisotopic (exact) mass is 570 g/mol. The van der Waals surface area contributed by atoms with Crippen LogP contribution in [0.1, 0.15) is 62.1 Å². The second-order valence-electron chi connectivity index (χ2n) is 9.13. The lowest BCUT2D eigenvalue weighted by molar-refractivity contribution is -0.390. The molecule has 3 aromatic heterocycles. The average Bonchev–Trinajstić information content (AvgIpc) is 3.42. The summed E-state index contributed by atoms with van der Waals surface area (Å²) in [4.78, 5) is 14.7. The number of halogens is 2. The van der Waals surface area contributed by atoms with Gasteiger partial charge in [0.05, 0.1) is 15.9 Å². The highest BCUT2D eigenvalue weighted by Gasteiger charge is 2.25. The molecule has 4 aromatic rings. The van der Waals surface area contributed by atoms with Crippen molar-refractivity contribution in [3.8, 4) is 17.0 Å². The fraction of sp³-hybridized carbons (Fsp3) is 0.346. The Bertz CT molecular complexity index is 1450. The van der Waals surface area contributed by atoms with E-state index in [0.29, 0.717) is 27.7 Å². The number of hydrogen-bond acceptors (Lipinski definition) is 6. The molecule has 0 unspecified atom stereocenters. The minimum absolute atomic E-state index is 0.0168. The molecule has 0 fully saturated rings. The van der Waals surface area contributed by atoms with E-state index in [4.69, 9.17) is 14.9 Å². The maximum atomic E-state index is 14.4. The molecule has 1 atom stereocenters. The molecule has 3 heterocycles. The molecule has 0 N–H and O–H groups in total. The van der Waals surface area contributed by atoms with Crippen LogP contribution < -0.4 is 4.74 Å². The fourth-order valence-corrected chi connectivity index (χ4v) is 4.65. The van der Waals surface area contributed by atoms with E-state index in [0.717, 1.165) is 23.4 Å². The minimum atomic E-state index is -0.732. The maximum Gasteiger partial charge on any atom is 0.406 e. The Labute approximate surface area is 222 Å². The van der Waals surface area contributed by atoms with E-state index in [2.05, 4.69) is 41.0 Å². The van der Waals surface area contributed by atoms with E-state index in [-0.39, 0.29) is 11.7 Å². The highest BCUT2D eigenvalue weighted by atomic mass is 79.9. The van der Waals surface area contributed by atoms with Crippen LogP contribution in [-0.2, 0) is 20.0 Å². The first-order chi connectivity index (χ1) is 17.6. The van der Waals surface area contributed by atoms with Gasteiger partial charge in [-0.25, -0.2) is 4.39 Å². The van der Waals surface area contributed by atoms with Gasteiger partial charge in [-0.1, -0.05) is 13.8 Å². The first kappa shape index (κ1) is 26.5. The highest BCUT2D eigenvalue weighted by molar-refractivity contribution is 9.10. The number of benzene rings is 1. The van der Waals surface area contributed by atoms with Gasteiger partial charge in [0.15, 0.2) is 6.20 Å². The van der Waals surface area contributed by atoms with Crippen LogP contribution in [0.15, 0.2) is 47.3 Å². The molecule has 1 aromatic carbocycles. The topological polar surface area (TPSA) is 101 Å². The molecular formula is C26H28BrFN6O3. The van der Waals surface area contributed by atoms with Crippen LogP contribution in [0.5, 0.6) is 5.75 Å². The fourth-order valence-electron chi connectivity index (χ4n) is 4.34. The number of aromatic nitrogens is 5. The van der Waals surface area contributed by atoms with Gasteiger partial charge in [0, 0.05) is 55.2 Å². The zero-order valence-electron chi connectivity index (χ0n) is 21.3.